The highest BCUT2D eigenvalue weighted by atomic mass is 32.2. The fourth-order valence-corrected chi connectivity index (χ4v) is 2.27. The Bertz CT molecular complexity index is 582. The summed E-state index contributed by atoms with van der Waals surface area (Å²) in [7, 11) is -1.26. The maximum atomic E-state index is 11.2. The van der Waals surface area contributed by atoms with Crippen LogP contribution >= 0.6 is 0 Å². The molecule has 0 amide bonds. The molecule has 1 aromatic carbocycles. The first kappa shape index (κ1) is 15.3. The number of aryl methyl sites for hydroxylation is 1. The molecule has 6 nitrogen and oxygen atoms in total. The van der Waals surface area contributed by atoms with Crippen LogP contribution in [0.3, 0.4) is 0 Å². The first-order valence-electron chi connectivity index (χ1n) is 5.72. The van der Waals surface area contributed by atoms with Gasteiger partial charge in [0.15, 0.2) is 5.84 Å². The molecule has 0 heterocycles. The minimum absolute atomic E-state index is 0.00454. The third kappa shape index (κ3) is 4.44. The number of nitrogens with zero attached hydrogens (tertiary/aromatic N) is 2. The zero-order chi connectivity index (χ0) is 14.6. The lowest BCUT2D eigenvalue weighted by atomic mass is 10.1. The van der Waals surface area contributed by atoms with E-state index in [0.717, 1.165) is 11.3 Å². The number of anilines is 1. The second kappa shape index (κ2) is 5.92. The van der Waals surface area contributed by atoms with Gasteiger partial charge in [0.05, 0.1) is 5.75 Å². The Morgan fingerprint density at radius 2 is 2.11 bits per heavy atom. The topological polar surface area (TPSA) is 96.0 Å². The fraction of sp³-hybridized carbons (Fsp3) is 0.417. The van der Waals surface area contributed by atoms with Gasteiger partial charge in [-0.2, -0.15) is 0 Å². The summed E-state index contributed by atoms with van der Waals surface area (Å²) < 4.78 is 22.4. The molecule has 1 rings (SSSR count). The van der Waals surface area contributed by atoms with Crippen molar-refractivity contribution in [3.63, 3.8) is 0 Å². The SMILES string of the molecule is Cc1ccc(N(C)CCS(C)(=O)=O)c(/C(N)=N/O)c1. The summed E-state index contributed by atoms with van der Waals surface area (Å²) in [6.45, 7) is 2.24. The van der Waals surface area contributed by atoms with Gasteiger partial charge in [-0.15, -0.1) is 0 Å². The molecule has 19 heavy (non-hydrogen) atoms. The van der Waals surface area contributed by atoms with Crippen molar-refractivity contribution in [1.29, 1.82) is 0 Å². The van der Waals surface area contributed by atoms with Crippen molar-refractivity contribution < 1.29 is 13.6 Å². The summed E-state index contributed by atoms with van der Waals surface area (Å²) in [5, 5.41) is 11.8. The van der Waals surface area contributed by atoms with Crippen LogP contribution in [0.15, 0.2) is 23.4 Å². The first-order valence-corrected chi connectivity index (χ1v) is 7.78. The van der Waals surface area contributed by atoms with Gasteiger partial charge in [0.25, 0.3) is 0 Å². The molecule has 0 saturated carbocycles. The Morgan fingerprint density at radius 3 is 2.63 bits per heavy atom. The van der Waals surface area contributed by atoms with E-state index in [2.05, 4.69) is 5.16 Å². The Kier molecular flexibility index (Phi) is 4.77. The van der Waals surface area contributed by atoms with Crippen molar-refractivity contribution in [2.75, 3.05) is 30.5 Å². The quantitative estimate of drug-likeness (QED) is 0.357. The maximum Gasteiger partial charge on any atom is 0.172 e. The molecule has 0 aliphatic heterocycles. The number of benzene rings is 1. The smallest absolute Gasteiger partial charge is 0.172 e. The number of oxime groups is 1. The second-order valence-electron chi connectivity index (χ2n) is 4.56. The lowest BCUT2D eigenvalue weighted by molar-refractivity contribution is 0.318. The van der Waals surface area contributed by atoms with Gasteiger partial charge in [-0.1, -0.05) is 16.8 Å². The van der Waals surface area contributed by atoms with E-state index in [1.54, 1.807) is 18.0 Å². The molecule has 106 valence electrons. The number of hydrogen-bond acceptors (Lipinski definition) is 5. The molecule has 0 saturated heterocycles. The molecule has 0 aliphatic rings. The van der Waals surface area contributed by atoms with E-state index >= 15 is 0 Å². The Balaban J connectivity index is 3.06. The number of hydrogen-bond donors (Lipinski definition) is 2. The third-order valence-corrected chi connectivity index (χ3v) is 3.67. The number of nitrogens with two attached hydrogens (primary N) is 1. The van der Waals surface area contributed by atoms with Crippen LogP contribution < -0.4 is 10.6 Å². The van der Waals surface area contributed by atoms with Gasteiger partial charge in [0, 0.05) is 31.1 Å². The standard InChI is InChI=1S/C12H19N3O3S/c1-9-4-5-11(10(8-9)12(13)14-16)15(2)6-7-19(3,17)18/h4-5,8,16H,6-7H2,1-3H3,(H2,13,14). The van der Waals surface area contributed by atoms with Crippen molar-refractivity contribution in [2.24, 2.45) is 10.9 Å². The monoisotopic (exact) mass is 285 g/mol. The van der Waals surface area contributed by atoms with Crippen LogP contribution in [0.2, 0.25) is 0 Å². The molecular formula is C12H19N3O3S. The molecule has 1 aromatic rings. The Morgan fingerprint density at radius 1 is 1.47 bits per heavy atom. The molecule has 0 aromatic heterocycles. The molecule has 0 fully saturated rings. The second-order valence-corrected chi connectivity index (χ2v) is 6.82. The summed E-state index contributed by atoms with van der Waals surface area (Å²) in [6.07, 6.45) is 1.19. The van der Waals surface area contributed by atoms with E-state index in [9.17, 15) is 8.42 Å². The van der Waals surface area contributed by atoms with Gasteiger partial charge < -0.3 is 15.8 Å². The van der Waals surface area contributed by atoms with Crippen LogP contribution in [0.1, 0.15) is 11.1 Å². The van der Waals surface area contributed by atoms with E-state index in [-0.39, 0.29) is 11.6 Å². The molecule has 0 unspecified atom stereocenters. The largest absolute Gasteiger partial charge is 0.409 e. The van der Waals surface area contributed by atoms with E-state index in [4.69, 9.17) is 10.9 Å². The summed E-state index contributed by atoms with van der Waals surface area (Å²) in [4.78, 5) is 1.77. The van der Waals surface area contributed by atoms with Crippen molar-refractivity contribution in [3.05, 3.63) is 29.3 Å². The van der Waals surface area contributed by atoms with Crippen molar-refractivity contribution in [1.82, 2.24) is 0 Å². The minimum Gasteiger partial charge on any atom is -0.409 e. The Labute approximate surface area is 113 Å². The lowest BCUT2D eigenvalue weighted by Gasteiger charge is -2.22. The normalized spacial score (nSPS) is 12.5. The van der Waals surface area contributed by atoms with Gasteiger partial charge in [0.1, 0.15) is 9.84 Å². The first-order chi connectivity index (χ1) is 8.74. The predicted octanol–water partition coefficient (Wildman–Crippen LogP) is 0.570. The van der Waals surface area contributed by atoms with Crippen LogP contribution in [0.5, 0.6) is 0 Å². The van der Waals surface area contributed by atoms with Gasteiger partial charge in [-0.05, 0) is 19.1 Å². The summed E-state index contributed by atoms with van der Waals surface area (Å²) >= 11 is 0. The van der Waals surface area contributed by atoms with Crippen LogP contribution in [0, 0.1) is 6.92 Å². The number of sulfone groups is 1. The zero-order valence-corrected chi connectivity index (χ0v) is 12.1. The fourth-order valence-electron chi connectivity index (χ4n) is 1.66. The molecule has 7 heteroatoms. The number of amidine groups is 1. The van der Waals surface area contributed by atoms with E-state index < -0.39 is 9.84 Å². The maximum absolute atomic E-state index is 11.2. The zero-order valence-electron chi connectivity index (χ0n) is 11.3. The van der Waals surface area contributed by atoms with Crippen LogP contribution in [0.4, 0.5) is 5.69 Å². The number of rotatable bonds is 5. The van der Waals surface area contributed by atoms with E-state index in [1.807, 2.05) is 19.1 Å². The van der Waals surface area contributed by atoms with Gasteiger partial charge in [-0.3, -0.25) is 0 Å². The van der Waals surface area contributed by atoms with Crippen molar-refractivity contribution >= 4 is 21.4 Å². The average Bonchev–Trinajstić information content (AvgIpc) is 2.34. The Hall–Kier alpha value is -1.76. The summed E-state index contributed by atoms with van der Waals surface area (Å²) in [6, 6.07) is 5.51. The highest BCUT2D eigenvalue weighted by Crippen LogP contribution is 2.20. The van der Waals surface area contributed by atoms with Crippen molar-refractivity contribution in [2.45, 2.75) is 6.92 Å². The molecular weight excluding hydrogens is 266 g/mol. The predicted molar refractivity (Wildman–Crippen MR) is 76.7 cm³/mol. The van der Waals surface area contributed by atoms with Gasteiger partial charge in [0.2, 0.25) is 0 Å². The molecule has 3 N–H and O–H groups in total. The van der Waals surface area contributed by atoms with Crippen molar-refractivity contribution in [3.8, 4) is 0 Å². The van der Waals surface area contributed by atoms with Gasteiger partial charge in [-0.25, -0.2) is 8.42 Å². The third-order valence-electron chi connectivity index (χ3n) is 2.74. The van der Waals surface area contributed by atoms with Gasteiger partial charge >= 0.3 is 0 Å². The average molecular weight is 285 g/mol. The van der Waals surface area contributed by atoms with E-state index in [0.29, 0.717) is 12.1 Å². The highest BCUT2D eigenvalue weighted by Gasteiger charge is 2.13. The van der Waals surface area contributed by atoms with Crippen LogP contribution in [-0.4, -0.2) is 45.1 Å². The summed E-state index contributed by atoms with van der Waals surface area (Å²) in [5.41, 5.74) is 7.92. The lowest BCUT2D eigenvalue weighted by Crippen LogP contribution is -2.27. The molecule has 0 aliphatic carbocycles. The molecule has 0 bridgehead atoms. The summed E-state index contributed by atoms with van der Waals surface area (Å²) in [5.74, 6) is 0.0531. The van der Waals surface area contributed by atoms with Crippen LogP contribution in [0.25, 0.3) is 0 Å². The highest BCUT2D eigenvalue weighted by molar-refractivity contribution is 7.90. The van der Waals surface area contributed by atoms with Crippen LogP contribution in [-0.2, 0) is 9.84 Å². The minimum atomic E-state index is -3.03. The molecule has 0 spiro atoms. The van der Waals surface area contributed by atoms with E-state index in [1.165, 1.54) is 6.26 Å². The molecule has 0 radical (unpaired) electrons. The molecule has 0 atom stereocenters.